The number of nitrogens with zero attached hydrogens (tertiary/aromatic N) is 2. The summed E-state index contributed by atoms with van der Waals surface area (Å²) in [7, 11) is 0. The number of carbonyl (C=O) groups excluding carboxylic acids is 2. The van der Waals surface area contributed by atoms with Crippen molar-refractivity contribution in [3.8, 4) is 0 Å². The molecule has 3 rings (SSSR count). The van der Waals surface area contributed by atoms with Gasteiger partial charge in [-0.25, -0.2) is 4.39 Å². The molecule has 2 heterocycles. The minimum atomic E-state index is -0.440. The molecular weight excluding hydrogens is 345 g/mol. The highest BCUT2D eigenvalue weighted by molar-refractivity contribution is 5.84. The number of benzene rings is 1. The molecule has 27 heavy (non-hydrogen) atoms. The summed E-state index contributed by atoms with van der Waals surface area (Å²) in [5.41, 5.74) is 0.373. The molecule has 2 unspecified atom stereocenters. The van der Waals surface area contributed by atoms with Gasteiger partial charge >= 0.3 is 0 Å². The average molecular weight is 375 g/mol. The van der Waals surface area contributed by atoms with Gasteiger partial charge in [0.2, 0.25) is 11.8 Å². The molecular formula is C21H30FN3O2. The van der Waals surface area contributed by atoms with Crippen LogP contribution in [0.25, 0.3) is 0 Å². The molecule has 2 fully saturated rings. The van der Waals surface area contributed by atoms with E-state index in [1.165, 1.54) is 12.1 Å². The molecule has 0 radical (unpaired) electrons. The van der Waals surface area contributed by atoms with Crippen molar-refractivity contribution in [3.05, 3.63) is 35.6 Å². The van der Waals surface area contributed by atoms with E-state index < -0.39 is 5.41 Å². The summed E-state index contributed by atoms with van der Waals surface area (Å²) in [5.74, 6) is -0.288. The summed E-state index contributed by atoms with van der Waals surface area (Å²) in [6.07, 6.45) is 1.64. The van der Waals surface area contributed by atoms with E-state index in [1.54, 1.807) is 6.07 Å². The van der Waals surface area contributed by atoms with Crippen molar-refractivity contribution in [3.63, 3.8) is 0 Å². The number of nitrogens with one attached hydrogen (secondary N) is 1. The summed E-state index contributed by atoms with van der Waals surface area (Å²) in [5, 5.41) is 3.31. The van der Waals surface area contributed by atoms with E-state index in [1.807, 2.05) is 36.6 Å². The predicted octanol–water partition coefficient (Wildman–Crippen LogP) is 2.58. The molecule has 0 aliphatic carbocycles. The molecule has 0 aromatic heterocycles. The summed E-state index contributed by atoms with van der Waals surface area (Å²) >= 11 is 0. The standard InChI is InChI=1S/C21H30FN3O2/c1-21(2,3)20(27)24-10-5-7-16(14-24)19(26)25-11-9-23-13-18(25)15-6-4-8-17(22)12-15/h4,6,8,12,16,18,23H,5,7,9-11,13-14H2,1-3H3. The second-order valence-corrected chi connectivity index (χ2v) is 8.65. The van der Waals surface area contributed by atoms with Crippen LogP contribution in [0.3, 0.4) is 0 Å². The van der Waals surface area contributed by atoms with Crippen LogP contribution in [0, 0.1) is 17.2 Å². The Kier molecular flexibility index (Phi) is 5.84. The van der Waals surface area contributed by atoms with E-state index in [4.69, 9.17) is 0 Å². The monoisotopic (exact) mass is 375 g/mol. The molecule has 0 bridgehead atoms. The second-order valence-electron chi connectivity index (χ2n) is 8.65. The number of hydrogen-bond donors (Lipinski definition) is 1. The number of halogens is 1. The van der Waals surface area contributed by atoms with Gasteiger partial charge in [0.1, 0.15) is 5.82 Å². The van der Waals surface area contributed by atoms with E-state index in [9.17, 15) is 14.0 Å². The van der Waals surface area contributed by atoms with E-state index in [0.29, 0.717) is 19.6 Å². The maximum absolute atomic E-state index is 13.7. The fourth-order valence-corrected chi connectivity index (χ4v) is 4.05. The largest absolute Gasteiger partial charge is 0.341 e. The van der Waals surface area contributed by atoms with Crippen LogP contribution >= 0.6 is 0 Å². The van der Waals surface area contributed by atoms with Gasteiger partial charge < -0.3 is 15.1 Å². The minimum absolute atomic E-state index is 0.0807. The maximum atomic E-state index is 13.7. The third-order valence-electron chi connectivity index (χ3n) is 5.46. The molecule has 2 aliphatic heterocycles. The molecule has 6 heteroatoms. The quantitative estimate of drug-likeness (QED) is 0.864. The number of piperidine rings is 1. The number of hydrogen-bond acceptors (Lipinski definition) is 3. The Labute approximate surface area is 160 Å². The van der Waals surface area contributed by atoms with Gasteiger partial charge in [-0.2, -0.15) is 0 Å². The fraction of sp³-hybridized carbons (Fsp3) is 0.619. The van der Waals surface area contributed by atoms with Gasteiger partial charge in [0.05, 0.1) is 12.0 Å². The lowest BCUT2D eigenvalue weighted by atomic mass is 9.90. The molecule has 5 nitrogen and oxygen atoms in total. The molecule has 2 atom stereocenters. The normalized spacial score (nSPS) is 24.0. The van der Waals surface area contributed by atoms with Crippen LogP contribution in [0.2, 0.25) is 0 Å². The van der Waals surface area contributed by atoms with Crippen molar-refractivity contribution in [2.45, 2.75) is 39.7 Å². The molecule has 2 saturated heterocycles. The van der Waals surface area contributed by atoms with Crippen LogP contribution in [-0.4, -0.2) is 54.3 Å². The Hall–Kier alpha value is -1.95. The lowest BCUT2D eigenvalue weighted by Gasteiger charge is -2.41. The van der Waals surface area contributed by atoms with Crippen molar-refractivity contribution in [2.75, 3.05) is 32.7 Å². The topological polar surface area (TPSA) is 52.7 Å². The van der Waals surface area contributed by atoms with Crippen LogP contribution in [0.15, 0.2) is 24.3 Å². The van der Waals surface area contributed by atoms with Gasteiger partial charge in [-0.3, -0.25) is 9.59 Å². The lowest BCUT2D eigenvalue weighted by molar-refractivity contribution is -0.146. The molecule has 2 aliphatic rings. The van der Waals surface area contributed by atoms with Crippen LogP contribution in [-0.2, 0) is 9.59 Å². The van der Waals surface area contributed by atoms with Crippen LogP contribution in [0.5, 0.6) is 0 Å². The molecule has 1 aromatic carbocycles. The third kappa shape index (κ3) is 4.49. The minimum Gasteiger partial charge on any atom is -0.341 e. The molecule has 0 spiro atoms. The Balaban J connectivity index is 1.75. The smallest absolute Gasteiger partial charge is 0.228 e. The fourth-order valence-electron chi connectivity index (χ4n) is 4.05. The Morgan fingerprint density at radius 3 is 2.70 bits per heavy atom. The lowest BCUT2D eigenvalue weighted by Crippen LogP contribution is -2.54. The van der Waals surface area contributed by atoms with E-state index in [0.717, 1.165) is 31.5 Å². The van der Waals surface area contributed by atoms with Crippen molar-refractivity contribution >= 4 is 11.8 Å². The number of rotatable bonds is 2. The first-order valence-corrected chi connectivity index (χ1v) is 9.83. The second kappa shape index (κ2) is 7.97. The first-order chi connectivity index (χ1) is 12.8. The van der Waals surface area contributed by atoms with Gasteiger partial charge in [0.15, 0.2) is 0 Å². The first kappa shape index (κ1) is 19.8. The van der Waals surface area contributed by atoms with Gasteiger partial charge in [0, 0.05) is 38.1 Å². The summed E-state index contributed by atoms with van der Waals surface area (Å²) in [4.78, 5) is 29.7. The van der Waals surface area contributed by atoms with Crippen molar-refractivity contribution in [2.24, 2.45) is 11.3 Å². The van der Waals surface area contributed by atoms with Crippen molar-refractivity contribution in [1.29, 1.82) is 0 Å². The average Bonchev–Trinajstić information content (AvgIpc) is 2.66. The SMILES string of the molecule is CC(C)(C)C(=O)N1CCCC(C(=O)N2CCNCC2c2cccc(F)c2)C1. The zero-order valence-corrected chi connectivity index (χ0v) is 16.5. The number of carbonyl (C=O) groups is 2. The zero-order chi connectivity index (χ0) is 19.6. The zero-order valence-electron chi connectivity index (χ0n) is 16.5. The van der Waals surface area contributed by atoms with Crippen LogP contribution in [0.4, 0.5) is 4.39 Å². The molecule has 1 N–H and O–H groups in total. The van der Waals surface area contributed by atoms with Gasteiger partial charge in [-0.05, 0) is 30.5 Å². The molecule has 2 amide bonds. The number of likely N-dealkylation sites (tertiary alicyclic amines) is 1. The molecule has 1 aromatic rings. The highest BCUT2D eigenvalue weighted by Crippen LogP contribution is 2.29. The Morgan fingerprint density at radius 1 is 1.22 bits per heavy atom. The number of amides is 2. The first-order valence-electron chi connectivity index (χ1n) is 9.83. The van der Waals surface area contributed by atoms with Crippen LogP contribution < -0.4 is 5.32 Å². The van der Waals surface area contributed by atoms with E-state index in [2.05, 4.69) is 5.32 Å². The summed E-state index contributed by atoms with van der Waals surface area (Å²) < 4.78 is 13.7. The summed E-state index contributed by atoms with van der Waals surface area (Å²) in [6, 6.07) is 6.32. The van der Waals surface area contributed by atoms with E-state index >= 15 is 0 Å². The highest BCUT2D eigenvalue weighted by atomic mass is 19.1. The third-order valence-corrected chi connectivity index (χ3v) is 5.46. The predicted molar refractivity (Wildman–Crippen MR) is 102 cm³/mol. The van der Waals surface area contributed by atoms with Crippen molar-refractivity contribution < 1.29 is 14.0 Å². The summed E-state index contributed by atoms with van der Waals surface area (Å²) in [6.45, 7) is 8.89. The number of piperazine rings is 1. The Morgan fingerprint density at radius 2 is 2.00 bits per heavy atom. The van der Waals surface area contributed by atoms with Gasteiger partial charge in [-0.15, -0.1) is 0 Å². The van der Waals surface area contributed by atoms with Crippen LogP contribution in [0.1, 0.15) is 45.2 Å². The molecule has 148 valence electrons. The van der Waals surface area contributed by atoms with Gasteiger partial charge in [0.25, 0.3) is 0 Å². The Bertz CT molecular complexity index is 701. The van der Waals surface area contributed by atoms with Crippen molar-refractivity contribution in [1.82, 2.24) is 15.1 Å². The van der Waals surface area contributed by atoms with E-state index in [-0.39, 0.29) is 29.6 Å². The highest BCUT2D eigenvalue weighted by Gasteiger charge is 2.37. The van der Waals surface area contributed by atoms with Gasteiger partial charge in [-0.1, -0.05) is 32.9 Å². The molecule has 0 saturated carbocycles. The maximum Gasteiger partial charge on any atom is 0.228 e.